The maximum Gasteiger partial charge on any atom is 0.239 e. The molecule has 0 saturated carbocycles. The van der Waals surface area contributed by atoms with Crippen molar-refractivity contribution < 1.29 is 4.79 Å². The first-order valence-corrected chi connectivity index (χ1v) is 11.7. The van der Waals surface area contributed by atoms with Crippen LogP contribution in [-0.2, 0) is 11.3 Å². The molecule has 2 aliphatic heterocycles. The predicted octanol–water partition coefficient (Wildman–Crippen LogP) is 3.57. The van der Waals surface area contributed by atoms with E-state index in [1.807, 2.05) is 6.07 Å². The Morgan fingerprint density at radius 3 is 2.48 bits per heavy atom. The van der Waals surface area contributed by atoms with Crippen LogP contribution in [0.4, 0.5) is 0 Å². The van der Waals surface area contributed by atoms with Crippen LogP contribution in [-0.4, -0.2) is 70.9 Å². The van der Waals surface area contributed by atoms with Gasteiger partial charge in [-0.25, -0.2) is 4.98 Å². The van der Waals surface area contributed by atoms with E-state index in [2.05, 4.69) is 58.2 Å². The quantitative estimate of drug-likeness (QED) is 0.753. The van der Waals surface area contributed by atoms with Gasteiger partial charge in [-0.1, -0.05) is 37.3 Å². The van der Waals surface area contributed by atoms with Crippen LogP contribution in [0.5, 0.6) is 0 Å². The molecular weight excluding hydrogens is 380 g/mol. The molecule has 4 rings (SSSR count). The molecule has 0 radical (unpaired) electrons. The van der Waals surface area contributed by atoms with E-state index >= 15 is 0 Å². The minimum absolute atomic E-state index is 0.00508. The molecule has 0 aliphatic carbocycles. The van der Waals surface area contributed by atoms with Crippen LogP contribution in [0.2, 0.25) is 0 Å². The zero-order chi connectivity index (χ0) is 20.2. The van der Waals surface area contributed by atoms with Gasteiger partial charge in [-0.2, -0.15) is 0 Å². The minimum atomic E-state index is -0.00508. The lowest BCUT2D eigenvalue weighted by Gasteiger charge is -2.40. The Kier molecular flexibility index (Phi) is 6.63. The Labute approximate surface area is 178 Å². The Morgan fingerprint density at radius 1 is 1.10 bits per heavy atom. The summed E-state index contributed by atoms with van der Waals surface area (Å²) < 4.78 is 0. The van der Waals surface area contributed by atoms with E-state index in [9.17, 15) is 4.79 Å². The molecule has 1 atom stereocenters. The van der Waals surface area contributed by atoms with E-state index in [0.29, 0.717) is 5.91 Å². The van der Waals surface area contributed by atoms with Gasteiger partial charge in [0.05, 0.1) is 11.7 Å². The summed E-state index contributed by atoms with van der Waals surface area (Å²) in [6.07, 6.45) is 2.29. The molecule has 0 bridgehead atoms. The molecule has 2 aliphatic rings. The number of piperidine rings is 1. The van der Waals surface area contributed by atoms with Crippen LogP contribution < -0.4 is 0 Å². The number of thiazole rings is 1. The lowest BCUT2D eigenvalue weighted by Crippen LogP contribution is -2.55. The number of hydrogen-bond donors (Lipinski definition) is 0. The van der Waals surface area contributed by atoms with Gasteiger partial charge in [0.25, 0.3) is 0 Å². The lowest BCUT2D eigenvalue weighted by atomic mass is 9.98. The number of benzene rings is 1. The third-order valence-corrected chi connectivity index (χ3v) is 7.31. The lowest BCUT2D eigenvalue weighted by molar-refractivity contribution is -0.138. The second kappa shape index (κ2) is 9.37. The van der Waals surface area contributed by atoms with Gasteiger partial charge < -0.3 is 4.90 Å². The smallest absolute Gasteiger partial charge is 0.239 e. The van der Waals surface area contributed by atoms with Gasteiger partial charge in [0.15, 0.2) is 0 Å². The topological polar surface area (TPSA) is 39.7 Å². The fourth-order valence-corrected chi connectivity index (χ4v) is 5.10. The van der Waals surface area contributed by atoms with E-state index in [1.165, 1.54) is 5.56 Å². The number of piperazine rings is 1. The van der Waals surface area contributed by atoms with Crippen molar-refractivity contribution in [1.29, 1.82) is 0 Å². The average molecular weight is 413 g/mol. The van der Waals surface area contributed by atoms with Gasteiger partial charge in [0, 0.05) is 56.8 Å². The van der Waals surface area contributed by atoms with Gasteiger partial charge in [0.2, 0.25) is 5.91 Å². The second-order valence-electron chi connectivity index (χ2n) is 8.51. The van der Waals surface area contributed by atoms with E-state index in [-0.39, 0.29) is 6.04 Å². The molecule has 0 spiro atoms. The molecule has 1 unspecified atom stereocenters. The number of hydrogen-bond acceptors (Lipinski definition) is 5. The van der Waals surface area contributed by atoms with E-state index in [4.69, 9.17) is 4.98 Å². The molecule has 2 fully saturated rings. The predicted molar refractivity (Wildman–Crippen MR) is 119 cm³/mol. The third kappa shape index (κ3) is 5.05. The maximum atomic E-state index is 12.9. The minimum Gasteiger partial charge on any atom is -0.341 e. The summed E-state index contributed by atoms with van der Waals surface area (Å²) in [5.74, 6) is 1.07. The van der Waals surface area contributed by atoms with Gasteiger partial charge in [-0.15, -0.1) is 11.3 Å². The van der Waals surface area contributed by atoms with Crippen LogP contribution in [0.25, 0.3) is 10.6 Å². The van der Waals surface area contributed by atoms with Crippen LogP contribution >= 0.6 is 11.3 Å². The highest BCUT2D eigenvalue weighted by molar-refractivity contribution is 7.13. The van der Waals surface area contributed by atoms with Crippen molar-refractivity contribution >= 4 is 17.2 Å². The first-order chi connectivity index (χ1) is 14.1. The summed E-state index contributed by atoms with van der Waals surface area (Å²) >= 11 is 1.72. The van der Waals surface area contributed by atoms with Crippen LogP contribution in [0.1, 0.15) is 32.4 Å². The number of nitrogens with zero attached hydrogens (tertiary/aromatic N) is 4. The molecule has 0 N–H and O–H groups in total. The number of aromatic nitrogens is 1. The summed E-state index contributed by atoms with van der Waals surface area (Å²) in [5, 5.41) is 3.27. The maximum absolute atomic E-state index is 12.9. The van der Waals surface area contributed by atoms with Crippen molar-refractivity contribution in [3.05, 3.63) is 41.4 Å². The SMILES string of the molecule is CC1CCN(C(=O)C(C)N2CCN(Cc3csc(-c4ccccc4)n3)CC2)CC1. The van der Waals surface area contributed by atoms with Crippen LogP contribution in [0, 0.1) is 5.92 Å². The van der Waals surface area contributed by atoms with Crippen molar-refractivity contribution in [3.63, 3.8) is 0 Å². The molecule has 6 heteroatoms. The summed E-state index contributed by atoms with van der Waals surface area (Å²) in [6, 6.07) is 10.4. The summed E-state index contributed by atoms with van der Waals surface area (Å²) in [5.41, 5.74) is 2.34. The van der Waals surface area contributed by atoms with Crippen molar-refractivity contribution in [2.75, 3.05) is 39.3 Å². The van der Waals surface area contributed by atoms with Crippen molar-refractivity contribution in [1.82, 2.24) is 19.7 Å². The standard InChI is InChI=1S/C23H32N4OS/c1-18-8-10-27(11-9-18)23(28)19(2)26-14-12-25(13-15-26)16-21-17-29-22(24-21)20-6-4-3-5-7-20/h3-7,17-19H,8-16H2,1-2H3. The molecule has 2 saturated heterocycles. The largest absolute Gasteiger partial charge is 0.341 e. The first kappa shape index (κ1) is 20.5. The Bertz CT molecular complexity index is 792. The second-order valence-corrected chi connectivity index (χ2v) is 9.36. The van der Waals surface area contributed by atoms with Crippen molar-refractivity contribution in [2.24, 2.45) is 5.92 Å². The number of carbonyl (C=O) groups excluding carboxylic acids is 1. The Hall–Kier alpha value is -1.76. The Balaban J connectivity index is 1.26. The van der Waals surface area contributed by atoms with Crippen molar-refractivity contribution in [2.45, 2.75) is 39.3 Å². The van der Waals surface area contributed by atoms with Crippen molar-refractivity contribution in [3.8, 4) is 10.6 Å². The average Bonchev–Trinajstić information content (AvgIpc) is 3.23. The molecule has 3 heterocycles. The third-order valence-electron chi connectivity index (χ3n) is 6.37. The summed E-state index contributed by atoms with van der Waals surface area (Å²) in [7, 11) is 0. The van der Waals surface area contributed by atoms with E-state index in [0.717, 1.165) is 75.3 Å². The molecule has 29 heavy (non-hydrogen) atoms. The summed E-state index contributed by atoms with van der Waals surface area (Å²) in [6.45, 7) is 11.0. The monoisotopic (exact) mass is 412 g/mol. The van der Waals surface area contributed by atoms with Gasteiger partial charge in [0.1, 0.15) is 5.01 Å². The number of likely N-dealkylation sites (tertiary alicyclic amines) is 1. The normalized spacial score (nSPS) is 20.7. The molecular formula is C23H32N4OS. The Morgan fingerprint density at radius 2 is 1.79 bits per heavy atom. The van der Waals surface area contributed by atoms with Crippen LogP contribution in [0.3, 0.4) is 0 Å². The highest BCUT2D eigenvalue weighted by atomic mass is 32.1. The molecule has 156 valence electrons. The fourth-order valence-electron chi connectivity index (χ4n) is 4.28. The number of rotatable bonds is 5. The molecule has 1 aromatic carbocycles. The zero-order valence-corrected chi connectivity index (χ0v) is 18.4. The number of carbonyl (C=O) groups is 1. The first-order valence-electron chi connectivity index (χ1n) is 10.8. The zero-order valence-electron chi connectivity index (χ0n) is 17.6. The summed E-state index contributed by atoms with van der Waals surface area (Å²) in [4.78, 5) is 24.6. The van der Waals surface area contributed by atoms with Gasteiger partial charge in [-0.05, 0) is 25.7 Å². The van der Waals surface area contributed by atoms with Gasteiger partial charge in [-0.3, -0.25) is 14.6 Å². The van der Waals surface area contributed by atoms with Gasteiger partial charge >= 0.3 is 0 Å². The molecule has 5 nitrogen and oxygen atoms in total. The molecule has 2 aromatic rings. The number of amides is 1. The van der Waals surface area contributed by atoms with E-state index in [1.54, 1.807) is 11.3 Å². The van der Waals surface area contributed by atoms with Crippen LogP contribution in [0.15, 0.2) is 35.7 Å². The van der Waals surface area contributed by atoms with E-state index < -0.39 is 0 Å². The molecule has 1 aromatic heterocycles. The molecule has 1 amide bonds. The highest BCUT2D eigenvalue weighted by Crippen LogP contribution is 2.24. The highest BCUT2D eigenvalue weighted by Gasteiger charge is 2.30. The fraction of sp³-hybridized carbons (Fsp3) is 0.565.